The van der Waals surface area contributed by atoms with Crippen molar-refractivity contribution in [2.75, 3.05) is 0 Å². The first kappa shape index (κ1) is 35.7. The van der Waals surface area contributed by atoms with Crippen molar-refractivity contribution in [1.29, 1.82) is 0 Å². The molecule has 0 fully saturated rings. The minimum atomic E-state index is -0.725. The second kappa shape index (κ2) is 29.2. The predicted octanol–water partition coefficient (Wildman–Crippen LogP) is 10.7. The standard InChI is InChI=1S/C33H62O4/c1-3-5-7-9-11-13-14-15-17-19-21-26-30-33(36)37-31(28-24-22-25-29-32(34)35)27-23-20-18-16-12-10-8-6-4-2/h9,11,31H,3-8,10,12-30H2,1-2H3,(H,34,35)/b11-9-. The molecule has 37 heavy (non-hydrogen) atoms. The SMILES string of the molecule is CCCC/C=C\CCCCCCCCC(=O)OC(CCCCCCCCCCC)CCCCCC(=O)O. The summed E-state index contributed by atoms with van der Waals surface area (Å²) in [5.41, 5.74) is 0. The van der Waals surface area contributed by atoms with Gasteiger partial charge in [0.05, 0.1) is 0 Å². The smallest absolute Gasteiger partial charge is 0.306 e. The minimum absolute atomic E-state index is 0.00673. The summed E-state index contributed by atoms with van der Waals surface area (Å²) in [6, 6.07) is 0. The monoisotopic (exact) mass is 522 g/mol. The highest BCUT2D eigenvalue weighted by molar-refractivity contribution is 5.69. The fourth-order valence-corrected chi connectivity index (χ4v) is 4.81. The van der Waals surface area contributed by atoms with Crippen molar-refractivity contribution in [3.05, 3.63) is 12.2 Å². The zero-order valence-electron chi connectivity index (χ0n) is 24.8. The van der Waals surface area contributed by atoms with Crippen molar-refractivity contribution in [1.82, 2.24) is 0 Å². The molecule has 0 aliphatic rings. The normalized spacial score (nSPS) is 12.3. The zero-order valence-corrected chi connectivity index (χ0v) is 24.8. The molecule has 1 atom stereocenters. The van der Waals surface area contributed by atoms with Crippen molar-refractivity contribution >= 4 is 11.9 Å². The van der Waals surface area contributed by atoms with Crippen LogP contribution >= 0.6 is 0 Å². The lowest BCUT2D eigenvalue weighted by molar-refractivity contribution is -0.150. The van der Waals surface area contributed by atoms with E-state index in [1.807, 2.05) is 0 Å². The van der Waals surface area contributed by atoms with Crippen LogP contribution in [0.15, 0.2) is 12.2 Å². The van der Waals surface area contributed by atoms with Crippen LogP contribution in [0.3, 0.4) is 0 Å². The van der Waals surface area contributed by atoms with Crippen LogP contribution in [0, 0.1) is 0 Å². The van der Waals surface area contributed by atoms with E-state index in [9.17, 15) is 9.59 Å². The number of ether oxygens (including phenoxy) is 1. The third-order valence-electron chi connectivity index (χ3n) is 7.24. The topological polar surface area (TPSA) is 63.6 Å². The van der Waals surface area contributed by atoms with Gasteiger partial charge in [0, 0.05) is 12.8 Å². The highest BCUT2D eigenvalue weighted by atomic mass is 16.5. The summed E-state index contributed by atoms with van der Waals surface area (Å²) >= 11 is 0. The van der Waals surface area contributed by atoms with Gasteiger partial charge >= 0.3 is 11.9 Å². The number of esters is 1. The van der Waals surface area contributed by atoms with E-state index in [1.54, 1.807) is 0 Å². The Morgan fingerprint density at radius 2 is 1.00 bits per heavy atom. The third-order valence-corrected chi connectivity index (χ3v) is 7.24. The van der Waals surface area contributed by atoms with E-state index in [1.165, 1.54) is 103 Å². The molecule has 0 heterocycles. The quantitative estimate of drug-likeness (QED) is 0.0602. The van der Waals surface area contributed by atoms with Gasteiger partial charge in [0.15, 0.2) is 0 Å². The summed E-state index contributed by atoms with van der Waals surface area (Å²) in [5.74, 6) is -0.763. The van der Waals surface area contributed by atoms with E-state index < -0.39 is 5.97 Å². The van der Waals surface area contributed by atoms with Crippen LogP contribution in [0.25, 0.3) is 0 Å². The second-order valence-corrected chi connectivity index (χ2v) is 11.0. The van der Waals surface area contributed by atoms with Gasteiger partial charge < -0.3 is 9.84 Å². The lowest BCUT2D eigenvalue weighted by Crippen LogP contribution is -2.18. The first-order valence-corrected chi connectivity index (χ1v) is 16.2. The fraction of sp³-hybridized carbons (Fsp3) is 0.879. The van der Waals surface area contributed by atoms with E-state index in [0.29, 0.717) is 12.8 Å². The maximum atomic E-state index is 12.5. The van der Waals surface area contributed by atoms with Crippen molar-refractivity contribution in [2.24, 2.45) is 0 Å². The number of allylic oxidation sites excluding steroid dienone is 2. The van der Waals surface area contributed by atoms with E-state index in [4.69, 9.17) is 9.84 Å². The molecule has 0 aromatic heterocycles. The molecule has 4 nitrogen and oxygen atoms in total. The maximum absolute atomic E-state index is 12.5. The van der Waals surface area contributed by atoms with Gasteiger partial charge in [-0.25, -0.2) is 0 Å². The van der Waals surface area contributed by atoms with Gasteiger partial charge in [-0.3, -0.25) is 9.59 Å². The average molecular weight is 523 g/mol. The van der Waals surface area contributed by atoms with Crippen LogP contribution in [0.2, 0.25) is 0 Å². The van der Waals surface area contributed by atoms with E-state index in [-0.39, 0.29) is 18.5 Å². The molecule has 0 rings (SSSR count). The summed E-state index contributed by atoms with van der Waals surface area (Å²) in [4.78, 5) is 23.2. The number of carboxylic acids is 1. The average Bonchev–Trinajstić information content (AvgIpc) is 2.87. The van der Waals surface area contributed by atoms with Crippen LogP contribution in [-0.2, 0) is 14.3 Å². The molecule has 0 saturated heterocycles. The molecular weight excluding hydrogens is 460 g/mol. The fourth-order valence-electron chi connectivity index (χ4n) is 4.81. The summed E-state index contributed by atoms with van der Waals surface area (Å²) in [6.45, 7) is 4.49. The lowest BCUT2D eigenvalue weighted by Gasteiger charge is -2.18. The Morgan fingerprint density at radius 3 is 1.57 bits per heavy atom. The summed E-state index contributed by atoms with van der Waals surface area (Å²) in [7, 11) is 0. The van der Waals surface area contributed by atoms with Crippen molar-refractivity contribution in [2.45, 2.75) is 187 Å². The summed E-state index contributed by atoms with van der Waals surface area (Å²) < 4.78 is 5.89. The molecule has 0 aromatic rings. The molecule has 0 aromatic carbocycles. The Morgan fingerprint density at radius 1 is 0.568 bits per heavy atom. The molecule has 0 radical (unpaired) electrons. The number of hydrogen-bond donors (Lipinski definition) is 1. The van der Waals surface area contributed by atoms with Gasteiger partial charge in [0.2, 0.25) is 0 Å². The van der Waals surface area contributed by atoms with Gasteiger partial charge in [-0.05, 0) is 57.8 Å². The Balaban J connectivity index is 3.98. The van der Waals surface area contributed by atoms with Crippen molar-refractivity contribution in [3.63, 3.8) is 0 Å². The summed E-state index contributed by atoms with van der Waals surface area (Å²) in [6.07, 6.45) is 33.5. The van der Waals surface area contributed by atoms with Gasteiger partial charge in [-0.2, -0.15) is 0 Å². The molecule has 1 unspecified atom stereocenters. The molecule has 1 N–H and O–H groups in total. The van der Waals surface area contributed by atoms with Crippen LogP contribution in [0.1, 0.15) is 181 Å². The number of aliphatic carboxylic acids is 1. The predicted molar refractivity (Wildman–Crippen MR) is 158 cm³/mol. The lowest BCUT2D eigenvalue weighted by atomic mass is 10.0. The van der Waals surface area contributed by atoms with Crippen LogP contribution in [0.4, 0.5) is 0 Å². The Hall–Kier alpha value is -1.32. The van der Waals surface area contributed by atoms with Gasteiger partial charge in [-0.15, -0.1) is 0 Å². The number of carboxylic acid groups (broad SMARTS) is 1. The molecule has 0 bridgehead atoms. The first-order valence-electron chi connectivity index (χ1n) is 16.2. The molecule has 4 heteroatoms. The molecule has 0 aliphatic carbocycles. The second-order valence-electron chi connectivity index (χ2n) is 11.0. The number of carbonyl (C=O) groups is 2. The largest absolute Gasteiger partial charge is 0.481 e. The molecule has 218 valence electrons. The maximum Gasteiger partial charge on any atom is 0.306 e. The van der Waals surface area contributed by atoms with E-state index in [2.05, 4.69) is 26.0 Å². The molecule has 0 aliphatic heterocycles. The molecular formula is C33H62O4. The highest BCUT2D eigenvalue weighted by Gasteiger charge is 2.14. The van der Waals surface area contributed by atoms with Crippen LogP contribution in [0.5, 0.6) is 0 Å². The number of hydrogen-bond acceptors (Lipinski definition) is 3. The Kier molecular flexibility index (Phi) is 28.2. The van der Waals surface area contributed by atoms with E-state index >= 15 is 0 Å². The third kappa shape index (κ3) is 29.1. The number of carbonyl (C=O) groups excluding carboxylic acids is 1. The molecule has 0 saturated carbocycles. The number of unbranched alkanes of at least 4 members (excludes halogenated alkanes) is 18. The minimum Gasteiger partial charge on any atom is -0.481 e. The van der Waals surface area contributed by atoms with Gasteiger partial charge in [0.25, 0.3) is 0 Å². The number of rotatable bonds is 29. The van der Waals surface area contributed by atoms with Crippen LogP contribution in [-0.4, -0.2) is 23.1 Å². The van der Waals surface area contributed by atoms with Crippen LogP contribution < -0.4 is 0 Å². The van der Waals surface area contributed by atoms with Gasteiger partial charge in [0.1, 0.15) is 6.10 Å². The van der Waals surface area contributed by atoms with Crippen molar-refractivity contribution < 1.29 is 19.4 Å². The Bertz CT molecular complexity index is 528. The summed E-state index contributed by atoms with van der Waals surface area (Å²) in [5, 5.41) is 8.83. The molecule has 0 spiro atoms. The van der Waals surface area contributed by atoms with Gasteiger partial charge in [-0.1, -0.05) is 122 Å². The van der Waals surface area contributed by atoms with Crippen molar-refractivity contribution in [3.8, 4) is 0 Å². The van der Waals surface area contributed by atoms with E-state index in [0.717, 1.165) is 44.9 Å². The highest BCUT2D eigenvalue weighted by Crippen LogP contribution is 2.18. The zero-order chi connectivity index (χ0) is 27.2. The first-order chi connectivity index (χ1) is 18.1. The molecule has 0 amide bonds. The Labute approximate surface area is 230 Å².